The maximum absolute atomic E-state index is 14.1. The Bertz CT molecular complexity index is 442. The standard InChI is InChI=1S/C14H18BrF2N/c1-14(5-3-4-6-14)13(18-2)9-7-12(17)10(15)8-11(9)16/h7-8,13,18H,3-6H2,1-2H3. The Hall–Kier alpha value is -0.480. The van der Waals surface area contributed by atoms with Crippen molar-refractivity contribution in [2.75, 3.05) is 7.05 Å². The third-order valence-corrected chi connectivity index (χ3v) is 4.69. The van der Waals surface area contributed by atoms with Crippen molar-refractivity contribution in [1.29, 1.82) is 0 Å². The maximum atomic E-state index is 14.1. The Morgan fingerprint density at radius 3 is 2.39 bits per heavy atom. The zero-order chi connectivity index (χ0) is 13.3. The van der Waals surface area contributed by atoms with Crippen LogP contribution >= 0.6 is 15.9 Å². The Balaban J connectivity index is 2.41. The lowest BCUT2D eigenvalue weighted by Crippen LogP contribution is -2.33. The van der Waals surface area contributed by atoms with Crippen LogP contribution in [0.15, 0.2) is 16.6 Å². The van der Waals surface area contributed by atoms with E-state index in [1.165, 1.54) is 12.1 Å². The van der Waals surface area contributed by atoms with Gasteiger partial charge in [0.15, 0.2) is 0 Å². The highest BCUT2D eigenvalue weighted by Crippen LogP contribution is 2.47. The van der Waals surface area contributed by atoms with Crippen LogP contribution in [-0.4, -0.2) is 7.05 Å². The van der Waals surface area contributed by atoms with Crippen molar-refractivity contribution >= 4 is 15.9 Å². The molecule has 1 nitrogen and oxygen atoms in total. The summed E-state index contributed by atoms with van der Waals surface area (Å²) in [5.41, 5.74) is 0.443. The lowest BCUT2D eigenvalue weighted by molar-refractivity contribution is 0.228. The fourth-order valence-electron chi connectivity index (χ4n) is 3.11. The van der Waals surface area contributed by atoms with Crippen LogP contribution in [0.3, 0.4) is 0 Å². The molecule has 0 aliphatic heterocycles. The van der Waals surface area contributed by atoms with E-state index in [2.05, 4.69) is 28.2 Å². The van der Waals surface area contributed by atoms with Gasteiger partial charge in [-0.05, 0) is 53.4 Å². The number of hydrogen-bond acceptors (Lipinski definition) is 1. The minimum Gasteiger partial charge on any atom is -0.312 e. The molecule has 0 saturated heterocycles. The molecule has 18 heavy (non-hydrogen) atoms. The topological polar surface area (TPSA) is 12.0 Å². The van der Waals surface area contributed by atoms with Crippen LogP contribution in [-0.2, 0) is 0 Å². The lowest BCUT2D eigenvalue weighted by atomic mass is 9.77. The van der Waals surface area contributed by atoms with Crippen LogP contribution in [0.4, 0.5) is 8.78 Å². The lowest BCUT2D eigenvalue weighted by Gasteiger charge is -2.34. The van der Waals surface area contributed by atoms with E-state index >= 15 is 0 Å². The normalized spacial score (nSPS) is 20.1. The SMILES string of the molecule is CNC(c1cc(F)c(Br)cc1F)C1(C)CCCC1. The quantitative estimate of drug-likeness (QED) is 0.805. The first-order valence-corrected chi connectivity index (χ1v) is 7.09. The maximum Gasteiger partial charge on any atom is 0.137 e. The smallest absolute Gasteiger partial charge is 0.137 e. The summed E-state index contributed by atoms with van der Waals surface area (Å²) >= 11 is 3.01. The van der Waals surface area contributed by atoms with Gasteiger partial charge in [0.25, 0.3) is 0 Å². The summed E-state index contributed by atoms with van der Waals surface area (Å²) in [5.74, 6) is -0.760. The number of rotatable bonds is 3. The first kappa shape index (κ1) is 13.9. The van der Waals surface area contributed by atoms with Gasteiger partial charge in [0.05, 0.1) is 4.47 Å². The molecule has 0 spiro atoms. The van der Waals surface area contributed by atoms with Crippen LogP contribution in [0.2, 0.25) is 0 Å². The second kappa shape index (κ2) is 5.25. The molecule has 1 atom stereocenters. The molecule has 1 N–H and O–H groups in total. The van der Waals surface area contributed by atoms with Crippen molar-refractivity contribution in [3.05, 3.63) is 33.8 Å². The molecule has 0 heterocycles. The zero-order valence-electron chi connectivity index (χ0n) is 10.7. The summed E-state index contributed by atoms with van der Waals surface area (Å²) in [4.78, 5) is 0. The predicted molar refractivity (Wildman–Crippen MR) is 72.4 cm³/mol. The number of nitrogens with one attached hydrogen (secondary N) is 1. The molecule has 2 rings (SSSR count). The molecule has 0 bridgehead atoms. The minimum atomic E-state index is -0.409. The van der Waals surface area contributed by atoms with E-state index in [1.54, 1.807) is 0 Å². The zero-order valence-corrected chi connectivity index (χ0v) is 12.3. The molecule has 1 saturated carbocycles. The molecule has 0 amide bonds. The summed E-state index contributed by atoms with van der Waals surface area (Å²) in [5, 5.41) is 3.17. The van der Waals surface area contributed by atoms with Gasteiger partial charge in [0, 0.05) is 11.6 Å². The molecule has 1 aromatic carbocycles. The summed E-state index contributed by atoms with van der Waals surface area (Å²) in [6.45, 7) is 2.15. The molecule has 0 aromatic heterocycles. The Labute approximate surface area is 115 Å². The van der Waals surface area contributed by atoms with Crippen LogP contribution < -0.4 is 5.32 Å². The molecule has 1 aromatic rings. The van der Waals surface area contributed by atoms with Crippen LogP contribution in [0.5, 0.6) is 0 Å². The highest BCUT2D eigenvalue weighted by atomic mass is 79.9. The van der Waals surface area contributed by atoms with Gasteiger partial charge in [0.1, 0.15) is 11.6 Å². The van der Waals surface area contributed by atoms with Gasteiger partial charge < -0.3 is 5.32 Å². The fourth-order valence-corrected chi connectivity index (χ4v) is 3.43. The summed E-state index contributed by atoms with van der Waals surface area (Å²) in [7, 11) is 1.81. The van der Waals surface area contributed by atoms with Crippen LogP contribution in [0.1, 0.15) is 44.2 Å². The van der Waals surface area contributed by atoms with Gasteiger partial charge in [-0.1, -0.05) is 19.8 Å². The van der Waals surface area contributed by atoms with E-state index < -0.39 is 5.82 Å². The van der Waals surface area contributed by atoms with E-state index in [9.17, 15) is 8.78 Å². The monoisotopic (exact) mass is 317 g/mol. The van der Waals surface area contributed by atoms with Crippen molar-refractivity contribution in [1.82, 2.24) is 5.32 Å². The van der Waals surface area contributed by atoms with Gasteiger partial charge >= 0.3 is 0 Å². The largest absolute Gasteiger partial charge is 0.312 e. The Morgan fingerprint density at radius 2 is 1.83 bits per heavy atom. The highest BCUT2D eigenvalue weighted by Gasteiger charge is 2.38. The molecule has 0 radical (unpaired) electrons. The third kappa shape index (κ3) is 2.45. The average molecular weight is 318 g/mol. The second-order valence-electron chi connectivity index (χ2n) is 5.37. The van der Waals surface area contributed by atoms with E-state index in [-0.39, 0.29) is 21.7 Å². The average Bonchev–Trinajstić information content (AvgIpc) is 2.74. The third-order valence-electron chi connectivity index (χ3n) is 4.08. The molecule has 1 unspecified atom stereocenters. The van der Waals surface area contributed by atoms with Gasteiger partial charge in [-0.2, -0.15) is 0 Å². The minimum absolute atomic E-state index is 0.00978. The number of halogens is 3. The fraction of sp³-hybridized carbons (Fsp3) is 0.571. The van der Waals surface area contributed by atoms with E-state index in [0.29, 0.717) is 5.56 Å². The summed E-state index contributed by atoms with van der Waals surface area (Å²) < 4.78 is 27.9. The Kier molecular flexibility index (Phi) is 4.07. The van der Waals surface area contributed by atoms with E-state index in [0.717, 1.165) is 25.7 Å². The Morgan fingerprint density at radius 1 is 1.22 bits per heavy atom. The summed E-state index contributed by atoms with van der Waals surface area (Å²) in [6, 6.07) is 2.39. The van der Waals surface area contributed by atoms with E-state index in [4.69, 9.17) is 0 Å². The van der Waals surface area contributed by atoms with Gasteiger partial charge in [0.2, 0.25) is 0 Å². The van der Waals surface area contributed by atoms with Crippen LogP contribution in [0.25, 0.3) is 0 Å². The first-order chi connectivity index (χ1) is 8.48. The molecule has 1 fully saturated rings. The number of hydrogen-bond donors (Lipinski definition) is 1. The van der Waals surface area contributed by atoms with Gasteiger partial charge in [-0.15, -0.1) is 0 Å². The predicted octanol–water partition coefficient (Wildman–Crippen LogP) is 4.57. The van der Waals surface area contributed by atoms with Crippen molar-refractivity contribution in [3.63, 3.8) is 0 Å². The van der Waals surface area contributed by atoms with Gasteiger partial charge in [-0.25, -0.2) is 8.78 Å². The van der Waals surface area contributed by atoms with Crippen molar-refractivity contribution in [2.45, 2.75) is 38.6 Å². The van der Waals surface area contributed by atoms with E-state index in [1.807, 2.05) is 7.05 Å². The first-order valence-electron chi connectivity index (χ1n) is 6.29. The molecule has 4 heteroatoms. The highest BCUT2D eigenvalue weighted by molar-refractivity contribution is 9.10. The van der Waals surface area contributed by atoms with Crippen molar-refractivity contribution < 1.29 is 8.78 Å². The summed E-state index contributed by atoms with van der Waals surface area (Å²) in [6.07, 6.45) is 4.43. The molecular formula is C14H18BrF2N. The van der Waals surface area contributed by atoms with Crippen LogP contribution in [0, 0.1) is 17.0 Å². The second-order valence-corrected chi connectivity index (χ2v) is 6.22. The molecule has 1 aliphatic carbocycles. The van der Waals surface area contributed by atoms with Crippen molar-refractivity contribution in [3.8, 4) is 0 Å². The van der Waals surface area contributed by atoms with Gasteiger partial charge in [-0.3, -0.25) is 0 Å². The molecule has 100 valence electrons. The molecule has 1 aliphatic rings. The van der Waals surface area contributed by atoms with Crippen molar-refractivity contribution in [2.24, 2.45) is 5.41 Å². The number of benzene rings is 1. The molecular weight excluding hydrogens is 300 g/mol.